The van der Waals surface area contributed by atoms with E-state index in [0.29, 0.717) is 12.0 Å². The van der Waals surface area contributed by atoms with E-state index in [-0.39, 0.29) is 12.0 Å². The number of carbonyl (C=O) groups excluding carboxylic acids is 1. The predicted octanol–water partition coefficient (Wildman–Crippen LogP) is 2.08. The molecule has 1 aliphatic rings. The van der Waals surface area contributed by atoms with Gasteiger partial charge in [-0.25, -0.2) is 0 Å². The van der Waals surface area contributed by atoms with Crippen molar-refractivity contribution < 1.29 is 9.53 Å². The minimum absolute atomic E-state index is 0.187. The van der Waals surface area contributed by atoms with Crippen molar-refractivity contribution in [3.05, 3.63) is 35.9 Å². The smallest absolute Gasteiger partial charge is 0.322 e. The van der Waals surface area contributed by atoms with Gasteiger partial charge in [-0.3, -0.25) is 4.79 Å². The van der Waals surface area contributed by atoms with Crippen LogP contribution in [-0.4, -0.2) is 25.2 Å². The van der Waals surface area contributed by atoms with Crippen LogP contribution in [-0.2, 0) is 9.53 Å². The third-order valence-electron chi connectivity index (χ3n) is 3.45. The molecule has 3 nitrogen and oxygen atoms in total. The van der Waals surface area contributed by atoms with Crippen LogP contribution < -0.4 is 5.32 Å². The van der Waals surface area contributed by atoms with E-state index in [1.165, 1.54) is 12.7 Å². The molecular weight excluding hydrogens is 214 g/mol. The van der Waals surface area contributed by atoms with Gasteiger partial charge in [0.05, 0.1) is 7.11 Å². The molecule has 2 rings (SSSR count). The molecule has 92 valence electrons. The van der Waals surface area contributed by atoms with Crippen molar-refractivity contribution in [2.24, 2.45) is 0 Å². The summed E-state index contributed by atoms with van der Waals surface area (Å²) in [6, 6.07) is 10.8. The average Bonchev–Trinajstić information content (AvgIpc) is 2.33. The van der Waals surface area contributed by atoms with Gasteiger partial charge in [-0.15, -0.1) is 0 Å². The fourth-order valence-electron chi connectivity index (χ4n) is 2.35. The zero-order chi connectivity index (χ0) is 12.3. The van der Waals surface area contributed by atoms with Crippen LogP contribution in [0.25, 0.3) is 0 Å². The summed E-state index contributed by atoms with van der Waals surface area (Å²) < 4.78 is 4.69. The van der Waals surface area contributed by atoms with Crippen LogP contribution >= 0.6 is 0 Å². The zero-order valence-electron chi connectivity index (χ0n) is 10.3. The van der Waals surface area contributed by atoms with Crippen molar-refractivity contribution in [1.29, 1.82) is 0 Å². The number of nitrogens with one attached hydrogen (secondary N) is 1. The van der Waals surface area contributed by atoms with E-state index in [9.17, 15) is 4.79 Å². The second-order valence-electron chi connectivity index (χ2n) is 4.69. The average molecular weight is 233 g/mol. The number of ether oxygens (including phenoxy) is 1. The van der Waals surface area contributed by atoms with Crippen molar-refractivity contribution in [1.82, 2.24) is 5.32 Å². The summed E-state index contributed by atoms with van der Waals surface area (Å²) in [5.74, 6) is 0.451. The first kappa shape index (κ1) is 12.1. The Morgan fingerprint density at radius 1 is 1.35 bits per heavy atom. The molecular formula is C14H19NO2. The number of rotatable bonds is 4. The highest BCUT2D eigenvalue weighted by atomic mass is 16.5. The lowest BCUT2D eigenvalue weighted by molar-refractivity contribution is -0.143. The van der Waals surface area contributed by atoms with Crippen LogP contribution in [0.2, 0.25) is 0 Å². The summed E-state index contributed by atoms with van der Waals surface area (Å²) >= 11 is 0. The zero-order valence-corrected chi connectivity index (χ0v) is 10.3. The van der Waals surface area contributed by atoms with E-state index in [1.807, 2.05) is 13.0 Å². The largest absolute Gasteiger partial charge is 0.468 e. The lowest BCUT2D eigenvalue weighted by Crippen LogP contribution is -2.47. The maximum Gasteiger partial charge on any atom is 0.322 e. The Morgan fingerprint density at radius 3 is 2.59 bits per heavy atom. The molecule has 0 radical (unpaired) electrons. The third kappa shape index (κ3) is 2.86. The van der Waals surface area contributed by atoms with E-state index in [4.69, 9.17) is 4.74 Å². The number of methoxy groups -OCH3 is 1. The van der Waals surface area contributed by atoms with E-state index in [1.54, 1.807) is 0 Å². The monoisotopic (exact) mass is 233 g/mol. The van der Waals surface area contributed by atoms with Gasteiger partial charge in [-0.2, -0.15) is 0 Å². The summed E-state index contributed by atoms with van der Waals surface area (Å²) in [7, 11) is 1.42. The minimum atomic E-state index is -0.207. The lowest BCUT2D eigenvalue weighted by Gasteiger charge is -2.37. The number of esters is 1. The third-order valence-corrected chi connectivity index (χ3v) is 3.45. The highest BCUT2D eigenvalue weighted by Gasteiger charge is 2.32. The van der Waals surface area contributed by atoms with Crippen molar-refractivity contribution in [3.63, 3.8) is 0 Å². The van der Waals surface area contributed by atoms with Crippen molar-refractivity contribution in [2.75, 3.05) is 7.11 Å². The molecule has 1 saturated carbocycles. The maximum absolute atomic E-state index is 11.3. The van der Waals surface area contributed by atoms with Gasteiger partial charge >= 0.3 is 5.97 Å². The van der Waals surface area contributed by atoms with Crippen LogP contribution in [0.4, 0.5) is 0 Å². The first-order chi connectivity index (χ1) is 8.20. The molecule has 0 bridgehead atoms. The number of hydrogen-bond donors (Lipinski definition) is 1. The van der Waals surface area contributed by atoms with Gasteiger partial charge in [0.15, 0.2) is 0 Å². The SMILES string of the molecule is COC(=O)C(C)NC1CC(c2ccccc2)C1. The van der Waals surface area contributed by atoms with E-state index in [0.717, 1.165) is 12.8 Å². The Labute approximate surface area is 102 Å². The summed E-state index contributed by atoms with van der Waals surface area (Å²) in [6.07, 6.45) is 2.21. The molecule has 0 spiro atoms. The van der Waals surface area contributed by atoms with Gasteiger partial charge in [0.2, 0.25) is 0 Å². The summed E-state index contributed by atoms with van der Waals surface area (Å²) in [5, 5.41) is 3.29. The first-order valence-electron chi connectivity index (χ1n) is 6.09. The van der Waals surface area contributed by atoms with E-state index < -0.39 is 0 Å². The van der Waals surface area contributed by atoms with Crippen LogP contribution in [0, 0.1) is 0 Å². The highest BCUT2D eigenvalue weighted by molar-refractivity contribution is 5.75. The molecule has 1 aromatic carbocycles. The van der Waals surface area contributed by atoms with Crippen LogP contribution in [0.15, 0.2) is 30.3 Å². The number of carbonyl (C=O) groups is 1. The molecule has 0 aromatic heterocycles. The quantitative estimate of drug-likeness (QED) is 0.809. The molecule has 1 unspecified atom stereocenters. The second kappa shape index (κ2) is 5.32. The normalized spacial score (nSPS) is 24.8. The standard InChI is InChI=1S/C14H19NO2/c1-10(14(16)17-2)15-13-8-12(9-13)11-6-4-3-5-7-11/h3-7,10,12-13,15H,8-9H2,1-2H3. The van der Waals surface area contributed by atoms with Gasteiger partial charge < -0.3 is 10.1 Å². The van der Waals surface area contributed by atoms with Crippen molar-refractivity contribution in [3.8, 4) is 0 Å². The van der Waals surface area contributed by atoms with Crippen LogP contribution in [0.3, 0.4) is 0 Å². The van der Waals surface area contributed by atoms with Gasteiger partial charge in [0.1, 0.15) is 6.04 Å². The second-order valence-corrected chi connectivity index (χ2v) is 4.69. The fourth-order valence-corrected chi connectivity index (χ4v) is 2.35. The minimum Gasteiger partial charge on any atom is -0.468 e. The molecule has 1 N–H and O–H groups in total. The molecule has 3 heteroatoms. The maximum atomic E-state index is 11.3. The summed E-state index contributed by atoms with van der Waals surface area (Å²) in [4.78, 5) is 11.3. The number of benzene rings is 1. The van der Waals surface area contributed by atoms with E-state index in [2.05, 4.69) is 29.6 Å². The first-order valence-corrected chi connectivity index (χ1v) is 6.09. The summed E-state index contributed by atoms with van der Waals surface area (Å²) in [5.41, 5.74) is 1.40. The Kier molecular flexibility index (Phi) is 3.79. The van der Waals surface area contributed by atoms with Gasteiger partial charge in [0, 0.05) is 6.04 Å². The Balaban J connectivity index is 1.78. The molecule has 17 heavy (non-hydrogen) atoms. The number of hydrogen-bond acceptors (Lipinski definition) is 3. The molecule has 0 aliphatic heterocycles. The van der Waals surface area contributed by atoms with Gasteiger partial charge in [-0.05, 0) is 31.2 Å². The molecule has 1 aromatic rings. The molecule has 1 atom stereocenters. The van der Waals surface area contributed by atoms with Gasteiger partial charge in [-0.1, -0.05) is 30.3 Å². The Bertz CT molecular complexity index is 371. The Morgan fingerprint density at radius 2 is 2.00 bits per heavy atom. The summed E-state index contributed by atoms with van der Waals surface area (Å²) in [6.45, 7) is 1.85. The van der Waals surface area contributed by atoms with E-state index >= 15 is 0 Å². The highest BCUT2D eigenvalue weighted by Crippen LogP contribution is 2.36. The topological polar surface area (TPSA) is 38.3 Å². The van der Waals surface area contributed by atoms with Gasteiger partial charge in [0.25, 0.3) is 0 Å². The molecule has 0 saturated heterocycles. The predicted molar refractivity (Wildman–Crippen MR) is 66.8 cm³/mol. The Hall–Kier alpha value is -1.35. The van der Waals surface area contributed by atoms with Crippen LogP contribution in [0.1, 0.15) is 31.2 Å². The molecule has 1 aliphatic carbocycles. The molecule has 1 fully saturated rings. The van der Waals surface area contributed by atoms with Crippen LogP contribution in [0.5, 0.6) is 0 Å². The molecule has 0 amide bonds. The lowest BCUT2D eigenvalue weighted by atomic mass is 9.75. The van der Waals surface area contributed by atoms with Crippen molar-refractivity contribution >= 4 is 5.97 Å². The molecule has 0 heterocycles. The van der Waals surface area contributed by atoms with Crippen molar-refractivity contribution in [2.45, 2.75) is 37.8 Å². The fraction of sp³-hybridized carbons (Fsp3) is 0.500.